The van der Waals surface area contributed by atoms with E-state index >= 15 is 0 Å². The molecular formula is C19H22N9O5S3+. The van der Waals surface area contributed by atoms with E-state index in [0.717, 1.165) is 11.3 Å². The monoisotopic (exact) mass is 552 g/mol. The average Bonchev–Trinajstić information content (AvgIpc) is 3.26. The molecule has 0 saturated carbocycles. The molecule has 1 saturated heterocycles. The number of carboxylic acids is 1. The first kappa shape index (κ1) is 25.5. The fourth-order valence-corrected chi connectivity index (χ4v) is 6.59. The summed E-state index contributed by atoms with van der Waals surface area (Å²) in [6, 6.07) is 0.573. The van der Waals surface area contributed by atoms with Gasteiger partial charge in [-0.3, -0.25) is 14.5 Å². The van der Waals surface area contributed by atoms with Crippen molar-refractivity contribution in [2.45, 2.75) is 16.6 Å². The van der Waals surface area contributed by atoms with Crippen molar-refractivity contribution >= 4 is 75.1 Å². The minimum Gasteiger partial charge on any atom is -0.477 e. The molecule has 2 aromatic heterocycles. The number of fused-ring (bicyclic) bond motifs is 1. The third-order valence-electron chi connectivity index (χ3n) is 5.27. The van der Waals surface area contributed by atoms with Gasteiger partial charge >= 0.3 is 11.1 Å². The predicted molar refractivity (Wildman–Crippen MR) is 135 cm³/mol. The first-order valence-electron chi connectivity index (χ1n) is 10.2. The summed E-state index contributed by atoms with van der Waals surface area (Å²) < 4.78 is 1.64. The van der Waals surface area contributed by atoms with E-state index in [0.29, 0.717) is 22.3 Å². The number of aliphatic carboxylic acids is 1. The van der Waals surface area contributed by atoms with Crippen molar-refractivity contribution in [3.05, 3.63) is 28.4 Å². The maximum Gasteiger partial charge on any atom is 0.352 e. The van der Waals surface area contributed by atoms with Gasteiger partial charge in [0.1, 0.15) is 29.9 Å². The second-order valence-corrected chi connectivity index (χ2v) is 10.5. The number of carbonyl (C=O) groups is 3. The molecule has 14 nitrogen and oxygen atoms in total. The van der Waals surface area contributed by atoms with E-state index in [1.165, 1.54) is 47.0 Å². The molecular weight excluding hydrogens is 530 g/mol. The molecule has 190 valence electrons. The van der Waals surface area contributed by atoms with E-state index in [4.69, 9.17) is 22.0 Å². The van der Waals surface area contributed by atoms with E-state index in [9.17, 15) is 19.5 Å². The third-order valence-corrected chi connectivity index (χ3v) is 8.40. The third kappa shape index (κ3) is 4.76. The molecule has 2 aliphatic heterocycles. The van der Waals surface area contributed by atoms with Gasteiger partial charge in [-0.1, -0.05) is 10.1 Å². The molecule has 1 unspecified atom stereocenters. The predicted octanol–water partition coefficient (Wildman–Crippen LogP) is -1.01. The summed E-state index contributed by atoms with van der Waals surface area (Å²) in [6.07, 6.45) is 0. The van der Waals surface area contributed by atoms with E-state index < -0.39 is 29.2 Å². The maximum absolute atomic E-state index is 13.0. The van der Waals surface area contributed by atoms with Crippen molar-refractivity contribution < 1.29 is 28.9 Å². The van der Waals surface area contributed by atoms with E-state index in [1.807, 2.05) is 0 Å². The van der Waals surface area contributed by atoms with Gasteiger partial charge in [-0.05, 0) is 17.3 Å². The number of rotatable bonds is 8. The van der Waals surface area contributed by atoms with Crippen LogP contribution in [0, 0.1) is 0 Å². The molecule has 4 rings (SSSR count). The summed E-state index contributed by atoms with van der Waals surface area (Å²) in [5.74, 6) is -1.25. The van der Waals surface area contributed by atoms with Crippen molar-refractivity contribution in [3.8, 4) is 0 Å². The molecule has 2 atom stereocenters. The van der Waals surface area contributed by atoms with Gasteiger partial charge in [-0.25, -0.2) is 14.3 Å². The summed E-state index contributed by atoms with van der Waals surface area (Å²) in [5.41, 5.74) is 17.8. The Morgan fingerprint density at radius 3 is 2.78 bits per heavy atom. The topological polar surface area (TPSA) is 216 Å². The fourth-order valence-electron chi connectivity index (χ4n) is 3.55. The van der Waals surface area contributed by atoms with Crippen LogP contribution < -0.4 is 27.1 Å². The van der Waals surface area contributed by atoms with Gasteiger partial charge in [-0.2, -0.15) is 0 Å². The molecule has 2 amide bonds. The van der Waals surface area contributed by atoms with Crippen LogP contribution >= 0.6 is 34.9 Å². The van der Waals surface area contributed by atoms with Crippen molar-refractivity contribution in [1.29, 1.82) is 0 Å². The van der Waals surface area contributed by atoms with Gasteiger partial charge in [0.15, 0.2) is 10.8 Å². The molecule has 0 aromatic carbocycles. The highest BCUT2D eigenvalue weighted by Gasteiger charge is 2.54. The minimum absolute atomic E-state index is 0.112. The van der Waals surface area contributed by atoms with E-state index in [-0.39, 0.29) is 33.8 Å². The Labute approximate surface area is 216 Å². The van der Waals surface area contributed by atoms with Crippen LogP contribution in [0.4, 0.5) is 16.8 Å². The molecule has 2 aromatic rings. The number of carbonyl (C=O) groups excluding carboxylic acids is 2. The van der Waals surface area contributed by atoms with Gasteiger partial charge < -0.3 is 32.5 Å². The number of carboxylic acid groups (broad SMARTS) is 1. The lowest BCUT2D eigenvalue weighted by molar-refractivity contribution is -0.698. The van der Waals surface area contributed by atoms with Gasteiger partial charge in [0.05, 0.1) is 13.1 Å². The maximum atomic E-state index is 13.0. The zero-order chi connectivity index (χ0) is 26.1. The normalized spacial score (nSPS) is 19.6. The number of hydrogen-bond donors (Lipinski definition) is 5. The molecule has 0 radical (unpaired) electrons. The quantitative estimate of drug-likeness (QED) is 0.0665. The lowest BCUT2D eigenvalue weighted by atomic mass is 10.0. The number of anilines is 3. The molecule has 1 fully saturated rings. The standard InChI is InChI=1S/C19H21N9O5S3/c1-27-10(21)3-9(20)24-19(27)36-5-7-4-34-16-12(15(30)28(16)13(7)17(31)32)25-14(29)11(26-33-2)8-6-35-18(22)23-8/h3,6,12,16H,4-5H2,1-2H3,(H7,20,21,22,23,25,29,31,32)/p+1/b26-11-/t12?,16-/m1/s1. The number of thiazole rings is 1. The van der Waals surface area contributed by atoms with Gasteiger partial charge in [0.2, 0.25) is 11.6 Å². The van der Waals surface area contributed by atoms with Crippen LogP contribution in [0.15, 0.2) is 33.0 Å². The van der Waals surface area contributed by atoms with Crippen LogP contribution in [0.1, 0.15) is 5.69 Å². The Bertz CT molecular complexity index is 1310. The summed E-state index contributed by atoms with van der Waals surface area (Å²) in [5, 5.41) is 17.9. The number of aromatic nitrogens is 3. The number of thioether (sulfide) groups is 2. The smallest absolute Gasteiger partial charge is 0.352 e. The highest BCUT2D eigenvalue weighted by Crippen LogP contribution is 2.41. The molecule has 4 heterocycles. The molecule has 2 aliphatic rings. The number of nitrogen functional groups attached to an aromatic ring is 3. The Hall–Kier alpha value is -3.57. The lowest BCUT2D eigenvalue weighted by Crippen LogP contribution is -2.71. The Morgan fingerprint density at radius 2 is 2.14 bits per heavy atom. The summed E-state index contributed by atoms with van der Waals surface area (Å²) >= 11 is 3.72. The SMILES string of the molecule is CO/N=C(\C(=O)NC1C(=O)N2C(C(=O)O)=C(CSc3nc(N)cc(N)[n+]3C)CS[C@H]12)c1csc(N)n1. The number of β-lactam (4-membered cyclic amide) rings is 1. The van der Waals surface area contributed by atoms with E-state index in [1.54, 1.807) is 11.6 Å². The fraction of sp³-hybridized carbons (Fsp3) is 0.316. The molecule has 0 aliphatic carbocycles. The number of nitrogens with zero attached hydrogens (tertiary/aromatic N) is 5. The Morgan fingerprint density at radius 1 is 1.39 bits per heavy atom. The number of hydrogen-bond acceptors (Lipinski definition) is 13. The number of amides is 2. The van der Waals surface area contributed by atoms with Crippen LogP contribution in [-0.4, -0.2) is 73.5 Å². The first-order valence-corrected chi connectivity index (χ1v) is 13.1. The second-order valence-electron chi connectivity index (χ2n) is 7.55. The Balaban J connectivity index is 1.51. The van der Waals surface area contributed by atoms with Gasteiger partial charge in [-0.15, -0.1) is 23.1 Å². The number of nitrogens with two attached hydrogens (primary N) is 3. The van der Waals surface area contributed by atoms with Crippen LogP contribution in [0.2, 0.25) is 0 Å². The first-order chi connectivity index (χ1) is 17.1. The number of nitrogens with one attached hydrogen (secondary N) is 1. The van der Waals surface area contributed by atoms with Crippen molar-refractivity contribution in [2.75, 3.05) is 35.8 Å². The van der Waals surface area contributed by atoms with Crippen LogP contribution in [0.5, 0.6) is 0 Å². The van der Waals surface area contributed by atoms with E-state index in [2.05, 4.69) is 20.4 Å². The number of oxime groups is 1. The summed E-state index contributed by atoms with van der Waals surface area (Å²) in [4.78, 5) is 52.1. The summed E-state index contributed by atoms with van der Waals surface area (Å²) in [7, 11) is 2.99. The lowest BCUT2D eigenvalue weighted by Gasteiger charge is -2.49. The molecule has 0 spiro atoms. The average molecular weight is 553 g/mol. The highest BCUT2D eigenvalue weighted by molar-refractivity contribution is 8.01. The summed E-state index contributed by atoms with van der Waals surface area (Å²) in [6.45, 7) is 0. The van der Waals surface area contributed by atoms with Gasteiger partial charge in [0, 0.05) is 16.9 Å². The zero-order valence-electron chi connectivity index (χ0n) is 19.0. The highest BCUT2D eigenvalue weighted by atomic mass is 32.2. The minimum atomic E-state index is -1.24. The molecule has 17 heteroatoms. The van der Waals surface area contributed by atoms with Crippen molar-refractivity contribution in [3.63, 3.8) is 0 Å². The van der Waals surface area contributed by atoms with Crippen molar-refractivity contribution in [2.24, 2.45) is 12.2 Å². The second kappa shape index (κ2) is 10.2. The molecule has 36 heavy (non-hydrogen) atoms. The van der Waals surface area contributed by atoms with Crippen LogP contribution in [0.25, 0.3) is 0 Å². The Kier molecular flexibility index (Phi) is 7.23. The van der Waals surface area contributed by atoms with Gasteiger partial charge in [0.25, 0.3) is 11.8 Å². The zero-order valence-corrected chi connectivity index (χ0v) is 21.4. The van der Waals surface area contributed by atoms with Crippen LogP contribution in [-0.2, 0) is 26.3 Å². The largest absolute Gasteiger partial charge is 0.477 e. The molecule has 8 N–H and O–H groups in total. The molecule has 0 bridgehead atoms. The van der Waals surface area contributed by atoms with Crippen molar-refractivity contribution in [1.82, 2.24) is 20.2 Å². The van der Waals surface area contributed by atoms with Crippen LogP contribution in [0.3, 0.4) is 0 Å².